The van der Waals surface area contributed by atoms with Crippen LogP contribution in [0.5, 0.6) is 11.5 Å². The Labute approximate surface area is 146 Å². The summed E-state index contributed by atoms with van der Waals surface area (Å²) >= 11 is 0. The van der Waals surface area contributed by atoms with Crippen molar-refractivity contribution < 1.29 is 23.8 Å². The monoisotopic (exact) mass is 343 g/mol. The van der Waals surface area contributed by atoms with Gasteiger partial charge in [0.1, 0.15) is 0 Å². The molecule has 0 spiro atoms. The van der Waals surface area contributed by atoms with E-state index in [0.717, 1.165) is 5.56 Å². The van der Waals surface area contributed by atoms with Crippen LogP contribution in [0.25, 0.3) is 0 Å². The highest BCUT2D eigenvalue weighted by Gasteiger charge is 2.14. The summed E-state index contributed by atoms with van der Waals surface area (Å²) in [5, 5.41) is 2.70. The molecule has 2 rings (SSSR count). The Morgan fingerprint density at radius 3 is 2.52 bits per heavy atom. The minimum atomic E-state index is -0.610. The van der Waals surface area contributed by atoms with Gasteiger partial charge in [0.25, 0.3) is 5.91 Å². The van der Waals surface area contributed by atoms with Gasteiger partial charge in [-0.05, 0) is 43.7 Å². The molecule has 2 aromatic carbocycles. The number of hydrogen-bond donors (Lipinski definition) is 1. The number of benzene rings is 2. The van der Waals surface area contributed by atoms with Gasteiger partial charge in [0.15, 0.2) is 18.1 Å². The van der Waals surface area contributed by atoms with Crippen LogP contribution in [0.15, 0.2) is 42.5 Å². The van der Waals surface area contributed by atoms with Crippen molar-refractivity contribution in [1.29, 1.82) is 0 Å². The van der Waals surface area contributed by atoms with Crippen molar-refractivity contribution in [3.63, 3.8) is 0 Å². The zero-order valence-corrected chi connectivity index (χ0v) is 14.5. The normalized spacial score (nSPS) is 10.0. The van der Waals surface area contributed by atoms with Gasteiger partial charge in [0.2, 0.25) is 0 Å². The largest absolute Gasteiger partial charge is 0.493 e. The molecule has 1 amide bonds. The van der Waals surface area contributed by atoms with Crippen LogP contribution >= 0.6 is 0 Å². The number of carbonyl (C=O) groups excluding carboxylic acids is 2. The Balaban J connectivity index is 1.95. The standard InChI is InChI=1S/C19H21NO5/c1-4-24-16-10-9-14(11-17(16)23-3)19(22)25-12-18(21)20-15-8-6-5-7-13(15)2/h5-11H,4,12H2,1-3H3,(H,20,21). The molecular weight excluding hydrogens is 322 g/mol. The first kappa shape index (κ1) is 18.3. The lowest BCUT2D eigenvalue weighted by molar-refractivity contribution is -0.119. The lowest BCUT2D eigenvalue weighted by atomic mass is 10.2. The highest BCUT2D eigenvalue weighted by Crippen LogP contribution is 2.28. The minimum absolute atomic E-state index is 0.281. The third-order valence-corrected chi connectivity index (χ3v) is 3.45. The maximum absolute atomic E-state index is 12.1. The fourth-order valence-corrected chi connectivity index (χ4v) is 2.18. The molecule has 0 saturated carbocycles. The van der Waals surface area contributed by atoms with Gasteiger partial charge in [0.05, 0.1) is 19.3 Å². The molecule has 0 fully saturated rings. The number of aryl methyl sites for hydroxylation is 1. The summed E-state index contributed by atoms with van der Waals surface area (Å²) in [5.41, 5.74) is 1.90. The first-order valence-corrected chi connectivity index (χ1v) is 7.88. The van der Waals surface area contributed by atoms with Crippen molar-refractivity contribution in [1.82, 2.24) is 0 Å². The summed E-state index contributed by atoms with van der Waals surface area (Å²) in [4.78, 5) is 24.0. The van der Waals surface area contributed by atoms with Crippen molar-refractivity contribution in [3.05, 3.63) is 53.6 Å². The van der Waals surface area contributed by atoms with E-state index in [1.165, 1.54) is 13.2 Å². The van der Waals surface area contributed by atoms with Crippen molar-refractivity contribution in [2.45, 2.75) is 13.8 Å². The van der Waals surface area contributed by atoms with E-state index in [9.17, 15) is 9.59 Å². The first-order chi connectivity index (χ1) is 12.0. The second-order valence-corrected chi connectivity index (χ2v) is 5.24. The lowest BCUT2D eigenvalue weighted by Crippen LogP contribution is -2.21. The molecule has 0 atom stereocenters. The fourth-order valence-electron chi connectivity index (χ4n) is 2.18. The third kappa shape index (κ3) is 4.97. The van der Waals surface area contributed by atoms with Gasteiger partial charge >= 0.3 is 5.97 Å². The zero-order chi connectivity index (χ0) is 18.2. The quantitative estimate of drug-likeness (QED) is 0.782. The maximum atomic E-state index is 12.1. The number of carbonyl (C=O) groups is 2. The molecule has 0 bridgehead atoms. The molecule has 0 heterocycles. The molecule has 0 aliphatic heterocycles. The summed E-state index contributed by atoms with van der Waals surface area (Å²) in [6.07, 6.45) is 0. The second-order valence-electron chi connectivity index (χ2n) is 5.24. The Morgan fingerprint density at radius 1 is 1.08 bits per heavy atom. The molecule has 0 saturated heterocycles. The van der Waals surface area contributed by atoms with Crippen LogP contribution in [0.1, 0.15) is 22.8 Å². The summed E-state index contributed by atoms with van der Waals surface area (Å²) in [5.74, 6) is -0.0404. The first-order valence-electron chi connectivity index (χ1n) is 7.88. The van der Waals surface area contributed by atoms with Crippen LogP contribution in [-0.4, -0.2) is 32.2 Å². The van der Waals surface area contributed by atoms with Crippen molar-refractivity contribution >= 4 is 17.6 Å². The molecule has 2 aromatic rings. The average Bonchev–Trinajstić information content (AvgIpc) is 2.62. The van der Waals surface area contributed by atoms with Crippen molar-refractivity contribution in [2.24, 2.45) is 0 Å². The van der Waals surface area contributed by atoms with Gasteiger partial charge in [-0.2, -0.15) is 0 Å². The molecule has 1 N–H and O–H groups in total. The molecular formula is C19H21NO5. The number of para-hydroxylation sites is 1. The summed E-state index contributed by atoms with van der Waals surface area (Å²) < 4.78 is 15.6. The van der Waals surface area contributed by atoms with Crippen LogP contribution in [0.2, 0.25) is 0 Å². The number of nitrogens with one attached hydrogen (secondary N) is 1. The van der Waals surface area contributed by atoms with Gasteiger partial charge in [-0.25, -0.2) is 4.79 Å². The molecule has 0 aromatic heterocycles. The molecule has 6 heteroatoms. The van der Waals surface area contributed by atoms with Crippen LogP contribution in [0, 0.1) is 6.92 Å². The van der Waals surface area contributed by atoms with E-state index in [1.807, 2.05) is 32.0 Å². The highest BCUT2D eigenvalue weighted by atomic mass is 16.5. The number of esters is 1. The highest BCUT2D eigenvalue weighted by molar-refractivity contribution is 5.96. The lowest BCUT2D eigenvalue weighted by Gasteiger charge is -2.11. The minimum Gasteiger partial charge on any atom is -0.493 e. The van der Waals surface area contributed by atoms with Crippen LogP contribution < -0.4 is 14.8 Å². The third-order valence-electron chi connectivity index (χ3n) is 3.45. The molecule has 132 valence electrons. The van der Waals surface area contributed by atoms with E-state index >= 15 is 0 Å². The Morgan fingerprint density at radius 2 is 1.84 bits per heavy atom. The number of ether oxygens (including phenoxy) is 3. The zero-order valence-electron chi connectivity index (χ0n) is 14.5. The Bertz CT molecular complexity index is 757. The summed E-state index contributed by atoms with van der Waals surface area (Å²) in [6.45, 7) is 3.85. The topological polar surface area (TPSA) is 73.9 Å². The van der Waals surface area contributed by atoms with E-state index in [1.54, 1.807) is 18.2 Å². The molecule has 0 radical (unpaired) electrons. The van der Waals surface area contributed by atoms with Crippen LogP contribution in [0.3, 0.4) is 0 Å². The van der Waals surface area contributed by atoms with Crippen LogP contribution in [-0.2, 0) is 9.53 Å². The maximum Gasteiger partial charge on any atom is 0.338 e. The molecule has 0 unspecified atom stereocenters. The van der Waals surface area contributed by atoms with Gasteiger partial charge in [-0.3, -0.25) is 4.79 Å². The number of amides is 1. The molecule has 6 nitrogen and oxygen atoms in total. The smallest absolute Gasteiger partial charge is 0.338 e. The predicted molar refractivity (Wildman–Crippen MR) is 94.3 cm³/mol. The number of rotatable bonds is 7. The fraction of sp³-hybridized carbons (Fsp3) is 0.263. The van der Waals surface area contributed by atoms with Gasteiger partial charge in [-0.15, -0.1) is 0 Å². The van der Waals surface area contributed by atoms with Gasteiger partial charge < -0.3 is 19.5 Å². The van der Waals surface area contributed by atoms with Gasteiger partial charge in [-0.1, -0.05) is 18.2 Å². The van der Waals surface area contributed by atoms with Crippen molar-refractivity contribution in [3.8, 4) is 11.5 Å². The number of methoxy groups -OCH3 is 1. The van der Waals surface area contributed by atoms with E-state index in [-0.39, 0.29) is 12.2 Å². The number of anilines is 1. The average molecular weight is 343 g/mol. The van der Waals surface area contributed by atoms with E-state index in [2.05, 4.69) is 5.32 Å². The molecule has 0 aliphatic carbocycles. The van der Waals surface area contributed by atoms with E-state index < -0.39 is 11.9 Å². The second kappa shape index (κ2) is 8.73. The SMILES string of the molecule is CCOc1ccc(C(=O)OCC(=O)Nc2ccccc2C)cc1OC. The predicted octanol–water partition coefficient (Wildman–Crippen LogP) is 3.20. The summed E-state index contributed by atoms with van der Waals surface area (Å²) in [6, 6.07) is 12.1. The summed E-state index contributed by atoms with van der Waals surface area (Å²) in [7, 11) is 1.49. The Kier molecular flexibility index (Phi) is 6.39. The Hall–Kier alpha value is -3.02. The van der Waals surface area contributed by atoms with Gasteiger partial charge in [0, 0.05) is 5.69 Å². The van der Waals surface area contributed by atoms with E-state index in [0.29, 0.717) is 23.8 Å². The van der Waals surface area contributed by atoms with E-state index in [4.69, 9.17) is 14.2 Å². The van der Waals surface area contributed by atoms with Crippen molar-refractivity contribution in [2.75, 3.05) is 25.6 Å². The molecule has 25 heavy (non-hydrogen) atoms. The molecule has 0 aliphatic rings. The number of hydrogen-bond acceptors (Lipinski definition) is 5. The van der Waals surface area contributed by atoms with Crippen LogP contribution in [0.4, 0.5) is 5.69 Å².